The third-order valence-electron chi connectivity index (χ3n) is 4.91. The van der Waals surface area contributed by atoms with Gasteiger partial charge in [0.25, 0.3) is 0 Å². The summed E-state index contributed by atoms with van der Waals surface area (Å²) in [5.74, 6) is -0.193. The van der Waals surface area contributed by atoms with Crippen LogP contribution in [-0.4, -0.2) is 21.2 Å². The number of ketones is 1. The lowest BCUT2D eigenvalue weighted by molar-refractivity contribution is -0.116. The van der Waals surface area contributed by atoms with Crippen molar-refractivity contribution in [2.75, 3.05) is 5.32 Å². The van der Waals surface area contributed by atoms with Gasteiger partial charge in [-0.3, -0.25) is 9.59 Å². The normalized spacial score (nSPS) is 10.9. The highest BCUT2D eigenvalue weighted by molar-refractivity contribution is 9.10. The maximum atomic E-state index is 13.1. The molecule has 4 aromatic rings. The standard InChI is InChI=1S/C24H20BrN3O2/c1-2-16-7-13-19(14-8-16)26-22(29)15-28-21-6-4-3-5-20(21)27-24(28)23(30)17-9-11-18(25)12-10-17/h3-14H,2,15H2,1H3,(H,26,29). The molecule has 3 aromatic carbocycles. The van der Waals surface area contributed by atoms with E-state index in [2.05, 4.69) is 33.2 Å². The van der Waals surface area contributed by atoms with Gasteiger partial charge in [-0.1, -0.05) is 47.1 Å². The number of carbonyl (C=O) groups is 2. The molecule has 1 N–H and O–H groups in total. The van der Waals surface area contributed by atoms with Crippen molar-refractivity contribution < 1.29 is 9.59 Å². The minimum Gasteiger partial charge on any atom is -0.325 e. The first-order chi connectivity index (χ1) is 14.5. The van der Waals surface area contributed by atoms with E-state index in [4.69, 9.17) is 0 Å². The summed E-state index contributed by atoms with van der Waals surface area (Å²) >= 11 is 3.38. The lowest BCUT2D eigenvalue weighted by Crippen LogP contribution is -2.22. The van der Waals surface area contributed by atoms with Gasteiger partial charge in [0.1, 0.15) is 6.54 Å². The second kappa shape index (κ2) is 8.63. The van der Waals surface area contributed by atoms with Gasteiger partial charge in [0.05, 0.1) is 11.0 Å². The Balaban J connectivity index is 1.65. The van der Waals surface area contributed by atoms with E-state index >= 15 is 0 Å². The molecule has 0 aliphatic heterocycles. The number of halogens is 1. The molecule has 0 bridgehead atoms. The first kappa shape index (κ1) is 20.0. The van der Waals surface area contributed by atoms with E-state index in [9.17, 15) is 9.59 Å². The minimum absolute atomic E-state index is 0.00631. The fraction of sp³-hybridized carbons (Fsp3) is 0.125. The molecular formula is C24H20BrN3O2. The predicted molar refractivity (Wildman–Crippen MR) is 122 cm³/mol. The van der Waals surface area contributed by atoms with Crippen LogP contribution in [0.3, 0.4) is 0 Å². The van der Waals surface area contributed by atoms with Gasteiger partial charge in [0.15, 0.2) is 5.82 Å². The number of nitrogens with one attached hydrogen (secondary N) is 1. The van der Waals surface area contributed by atoms with E-state index in [1.165, 1.54) is 5.56 Å². The number of aryl methyl sites for hydroxylation is 1. The summed E-state index contributed by atoms with van der Waals surface area (Å²) in [5, 5.41) is 2.90. The van der Waals surface area contributed by atoms with Gasteiger partial charge in [0, 0.05) is 15.7 Å². The molecule has 150 valence electrons. The zero-order chi connectivity index (χ0) is 21.1. The number of fused-ring (bicyclic) bond motifs is 1. The SMILES string of the molecule is CCc1ccc(NC(=O)Cn2c(C(=O)c3ccc(Br)cc3)nc3ccccc32)cc1. The van der Waals surface area contributed by atoms with Crippen molar-refractivity contribution >= 4 is 44.3 Å². The van der Waals surface area contributed by atoms with Crippen molar-refractivity contribution in [2.24, 2.45) is 0 Å². The number of rotatable bonds is 6. The topological polar surface area (TPSA) is 64.0 Å². The summed E-state index contributed by atoms with van der Waals surface area (Å²) in [7, 11) is 0. The van der Waals surface area contributed by atoms with Crippen LogP contribution in [0.2, 0.25) is 0 Å². The number of benzene rings is 3. The van der Waals surface area contributed by atoms with Gasteiger partial charge in [-0.15, -0.1) is 0 Å². The van der Waals surface area contributed by atoms with Crippen LogP contribution < -0.4 is 5.32 Å². The molecule has 0 saturated heterocycles. The van der Waals surface area contributed by atoms with Crippen molar-refractivity contribution in [3.63, 3.8) is 0 Å². The average molecular weight is 462 g/mol. The zero-order valence-corrected chi connectivity index (χ0v) is 18.0. The molecule has 0 unspecified atom stereocenters. The monoisotopic (exact) mass is 461 g/mol. The third kappa shape index (κ3) is 4.19. The fourth-order valence-electron chi connectivity index (χ4n) is 3.31. The van der Waals surface area contributed by atoms with Crippen LogP contribution in [0.5, 0.6) is 0 Å². The quantitative estimate of drug-likeness (QED) is 0.399. The largest absolute Gasteiger partial charge is 0.325 e. The first-order valence-corrected chi connectivity index (χ1v) is 10.5. The van der Waals surface area contributed by atoms with E-state index in [-0.39, 0.29) is 24.1 Å². The van der Waals surface area contributed by atoms with Crippen LogP contribution in [0.4, 0.5) is 5.69 Å². The van der Waals surface area contributed by atoms with Gasteiger partial charge in [-0.2, -0.15) is 0 Å². The van der Waals surface area contributed by atoms with E-state index in [0.717, 1.165) is 22.1 Å². The Morgan fingerprint density at radius 3 is 2.37 bits per heavy atom. The molecule has 0 aliphatic carbocycles. The minimum atomic E-state index is -0.223. The second-order valence-electron chi connectivity index (χ2n) is 6.94. The molecule has 5 nitrogen and oxygen atoms in total. The summed E-state index contributed by atoms with van der Waals surface area (Å²) in [6.07, 6.45) is 0.941. The maximum absolute atomic E-state index is 13.1. The fourth-order valence-corrected chi connectivity index (χ4v) is 3.57. The van der Waals surface area contributed by atoms with Crippen LogP contribution in [0, 0.1) is 0 Å². The van der Waals surface area contributed by atoms with Crippen LogP contribution in [0.15, 0.2) is 77.3 Å². The molecular weight excluding hydrogens is 442 g/mol. The Morgan fingerprint density at radius 1 is 0.967 bits per heavy atom. The number of imidazole rings is 1. The predicted octanol–water partition coefficient (Wildman–Crippen LogP) is 5.23. The summed E-state index contributed by atoms with van der Waals surface area (Å²) in [5.41, 5.74) is 3.87. The number of amides is 1. The van der Waals surface area contributed by atoms with Gasteiger partial charge < -0.3 is 9.88 Å². The van der Waals surface area contributed by atoms with Crippen LogP contribution in [-0.2, 0) is 17.8 Å². The molecule has 4 rings (SSSR count). The van der Waals surface area contributed by atoms with E-state index in [1.54, 1.807) is 16.7 Å². The summed E-state index contributed by atoms with van der Waals surface area (Å²) in [4.78, 5) is 30.4. The smallest absolute Gasteiger partial charge is 0.244 e. The van der Waals surface area contributed by atoms with Gasteiger partial charge in [-0.25, -0.2) is 4.98 Å². The molecule has 1 aromatic heterocycles. The highest BCUT2D eigenvalue weighted by Gasteiger charge is 2.20. The molecule has 1 amide bonds. The lowest BCUT2D eigenvalue weighted by atomic mass is 10.1. The number of carbonyl (C=O) groups excluding carboxylic acids is 2. The van der Waals surface area contributed by atoms with Gasteiger partial charge in [-0.05, 0) is 60.5 Å². The van der Waals surface area contributed by atoms with Crippen molar-refractivity contribution in [3.05, 3.63) is 94.2 Å². The second-order valence-corrected chi connectivity index (χ2v) is 7.86. The van der Waals surface area contributed by atoms with Crippen molar-refractivity contribution in [1.82, 2.24) is 9.55 Å². The van der Waals surface area contributed by atoms with Crippen molar-refractivity contribution in [2.45, 2.75) is 19.9 Å². The molecule has 0 radical (unpaired) electrons. The zero-order valence-electron chi connectivity index (χ0n) is 16.4. The van der Waals surface area contributed by atoms with Gasteiger partial charge >= 0.3 is 0 Å². The first-order valence-electron chi connectivity index (χ1n) is 9.69. The third-order valence-corrected chi connectivity index (χ3v) is 5.44. The average Bonchev–Trinajstić information content (AvgIpc) is 3.12. The highest BCUT2D eigenvalue weighted by atomic mass is 79.9. The number of hydrogen-bond donors (Lipinski definition) is 1. The van der Waals surface area contributed by atoms with E-state index < -0.39 is 0 Å². The molecule has 0 fully saturated rings. The molecule has 0 spiro atoms. The van der Waals surface area contributed by atoms with Gasteiger partial charge in [0.2, 0.25) is 11.7 Å². The summed E-state index contributed by atoms with van der Waals surface area (Å²) in [6.45, 7) is 2.08. The summed E-state index contributed by atoms with van der Waals surface area (Å²) in [6, 6.07) is 22.3. The molecule has 6 heteroatoms. The Hall–Kier alpha value is -3.25. The van der Waals surface area contributed by atoms with Crippen molar-refractivity contribution in [3.8, 4) is 0 Å². The van der Waals surface area contributed by atoms with E-state index in [1.807, 2.05) is 60.7 Å². The number of para-hydroxylation sites is 2. The van der Waals surface area contributed by atoms with E-state index in [0.29, 0.717) is 11.1 Å². The molecule has 0 saturated carbocycles. The Kier molecular flexibility index (Phi) is 5.77. The Labute approximate surface area is 182 Å². The lowest BCUT2D eigenvalue weighted by Gasteiger charge is -2.10. The molecule has 30 heavy (non-hydrogen) atoms. The summed E-state index contributed by atoms with van der Waals surface area (Å²) < 4.78 is 2.57. The number of nitrogens with zero attached hydrogens (tertiary/aromatic N) is 2. The number of hydrogen-bond acceptors (Lipinski definition) is 3. The van der Waals surface area contributed by atoms with Crippen LogP contribution >= 0.6 is 15.9 Å². The molecule has 0 atom stereocenters. The number of anilines is 1. The number of aromatic nitrogens is 2. The van der Waals surface area contributed by atoms with Crippen LogP contribution in [0.25, 0.3) is 11.0 Å². The highest BCUT2D eigenvalue weighted by Crippen LogP contribution is 2.20. The maximum Gasteiger partial charge on any atom is 0.244 e. The van der Waals surface area contributed by atoms with Crippen molar-refractivity contribution in [1.29, 1.82) is 0 Å². The molecule has 0 aliphatic rings. The molecule has 1 heterocycles. The Morgan fingerprint density at radius 2 is 1.67 bits per heavy atom. The Bertz CT molecular complexity index is 1210. The van der Waals surface area contributed by atoms with Crippen LogP contribution in [0.1, 0.15) is 28.7 Å².